The van der Waals surface area contributed by atoms with Gasteiger partial charge in [0.2, 0.25) is 0 Å². The molecule has 0 radical (unpaired) electrons. The van der Waals surface area contributed by atoms with Crippen molar-refractivity contribution in [3.63, 3.8) is 0 Å². The fourth-order valence-corrected chi connectivity index (χ4v) is 4.02. The van der Waals surface area contributed by atoms with Crippen molar-refractivity contribution in [1.29, 1.82) is 0 Å². The molecule has 124 valence electrons. The summed E-state index contributed by atoms with van der Waals surface area (Å²) >= 11 is 1.36. The summed E-state index contributed by atoms with van der Waals surface area (Å²) < 4.78 is 1.88. The minimum absolute atomic E-state index is 0.0467. The quantitative estimate of drug-likeness (QED) is 0.779. The van der Waals surface area contributed by atoms with Gasteiger partial charge in [0.05, 0.1) is 18.3 Å². The van der Waals surface area contributed by atoms with Gasteiger partial charge in [-0.1, -0.05) is 0 Å². The van der Waals surface area contributed by atoms with Crippen molar-refractivity contribution in [3.8, 4) is 10.8 Å². The maximum atomic E-state index is 13.0. The third kappa shape index (κ3) is 2.71. The van der Waals surface area contributed by atoms with Gasteiger partial charge in [-0.3, -0.25) is 14.6 Å². The molecule has 0 bridgehead atoms. The molecular weight excluding hydrogens is 326 g/mol. The lowest BCUT2D eigenvalue weighted by Crippen LogP contribution is -2.38. The number of nitrogens with zero attached hydrogens (tertiary/aromatic N) is 6. The monoisotopic (exact) mass is 343 g/mol. The van der Waals surface area contributed by atoms with Crippen molar-refractivity contribution in [1.82, 2.24) is 34.8 Å². The Kier molecular flexibility index (Phi) is 3.85. The Bertz CT molecular complexity index is 824. The molecule has 3 aromatic heterocycles. The van der Waals surface area contributed by atoms with Crippen molar-refractivity contribution in [2.45, 2.75) is 32.4 Å². The van der Waals surface area contributed by atoms with E-state index in [1.54, 1.807) is 6.20 Å². The van der Waals surface area contributed by atoms with Crippen LogP contribution in [0.15, 0.2) is 24.8 Å². The van der Waals surface area contributed by atoms with Gasteiger partial charge in [-0.15, -0.1) is 11.3 Å². The molecule has 1 fully saturated rings. The second-order valence-electron chi connectivity index (χ2n) is 5.79. The van der Waals surface area contributed by atoms with Gasteiger partial charge in [0.25, 0.3) is 5.91 Å². The van der Waals surface area contributed by atoms with Crippen LogP contribution in [0.1, 0.15) is 28.2 Å². The zero-order chi connectivity index (χ0) is 16.5. The Labute approximate surface area is 142 Å². The van der Waals surface area contributed by atoms with Crippen LogP contribution in [0.2, 0.25) is 0 Å². The number of hydrogen-bond donors (Lipinski definition) is 1. The summed E-state index contributed by atoms with van der Waals surface area (Å²) in [5, 5.41) is 11.6. The normalized spacial score (nSPS) is 17.5. The van der Waals surface area contributed by atoms with Crippen LogP contribution >= 0.6 is 11.3 Å². The van der Waals surface area contributed by atoms with Crippen molar-refractivity contribution in [2.75, 3.05) is 6.54 Å². The van der Waals surface area contributed by atoms with E-state index in [4.69, 9.17) is 0 Å². The van der Waals surface area contributed by atoms with Crippen molar-refractivity contribution < 1.29 is 4.79 Å². The maximum Gasteiger partial charge on any atom is 0.266 e. The van der Waals surface area contributed by atoms with Crippen LogP contribution in [0.5, 0.6) is 0 Å². The number of aryl methyl sites for hydroxylation is 1. The highest BCUT2D eigenvalue weighted by Gasteiger charge is 2.32. The molecule has 0 spiro atoms. The number of aromatic amines is 1. The molecule has 1 amide bonds. The highest BCUT2D eigenvalue weighted by molar-refractivity contribution is 7.17. The number of aromatic nitrogens is 6. The van der Waals surface area contributed by atoms with Crippen LogP contribution in [-0.4, -0.2) is 53.3 Å². The number of carbonyl (C=O) groups is 1. The van der Waals surface area contributed by atoms with E-state index in [2.05, 4.69) is 25.3 Å². The molecule has 4 heterocycles. The Morgan fingerprint density at radius 2 is 2.42 bits per heavy atom. The van der Waals surface area contributed by atoms with Crippen LogP contribution in [-0.2, 0) is 6.54 Å². The molecule has 9 heteroatoms. The molecule has 24 heavy (non-hydrogen) atoms. The summed E-state index contributed by atoms with van der Waals surface area (Å²) in [5.74, 6) is 0.641. The van der Waals surface area contributed by atoms with Gasteiger partial charge in [0, 0.05) is 18.9 Å². The molecule has 4 rings (SSSR count). The Balaban J connectivity index is 1.56. The molecule has 8 nitrogen and oxygen atoms in total. The van der Waals surface area contributed by atoms with Crippen molar-refractivity contribution in [3.05, 3.63) is 35.4 Å². The SMILES string of the molecule is Cc1nc(-c2ncn[nH]2)sc1C(=O)N1CCC[C@@H]1Cn1cccn1. The molecule has 1 N–H and O–H groups in total. The third-order valence-electron chi connectivity index (χ3n) is 4.20. The van der Waals surface area contributed by atoms with E-state index in [9.17, 15) is 4.79 Å². The summed E-state index contributed by atoms with van der Waals surface area (Å²) in [7, 11) is 0. The van der Waals surface area contributed by atoms with Gasteiger partial charge in [-0.2, -0.15) is 10.2 Å². The summed E-state index contributed by atoms with van der Waals surface area (Å²) in [5.41, 5.74) is 0.737. The summed E-state index contributed by atoms with van der Waals surface area (Å²) in [6.07, 6.45) is 7.15. The van der Waals surface area contributed by atoms with Gasteiger partial charge in [-0.05, 0) is 25.8 Å². The molecule has 0 unspecified atom stereocenters. The van der Waals surface area contributed by atoms with Gasteiger partial charge in [-0.25, -0.2) is 9.97 Å². The Morgan fingerprint density at radius 1 is 1.50 bits per heavy atom. The standard InChI is InChI=1S/C15H17N7OS/c1-10-12(24-14(19-10)13-16-9-17-20-13)15(23)22-7-2-4-11(22)8-21-6-3-5-18-21/h3,5-6,9,11H,2,4,7-8H2,1H3,(H,16,17,20)/t11-/m1/s1. The van der Waals surface area contributed by atoms with E-state index in [-0.39, 0.29) is 11.9 Å². The number of rotatable bonds is 4. The second-order valence-corrected chi connectivity index (χ2v) is 6.79. The predicted octanol–water partition coefficient (Wildman–Crippen LogP) is 1.74. The predicted molar refractivity (Wildman–Crippen MR) is 88.5 cm³/mol. The fraction of sp³-hybridized carbons (Fsp3) is 0.400. The number of likely N-dealkylation sites (tertiary alicyclic amines) is 1. The number of amides is 1. The Hall–Kier alpha value is -2.55. The minimum Gasteiger partial charge on any atom is -0.333 e. The first-order chi connectivity index (χ1) is 11.7. The molecule has 0 saturated carbocycles. The van der Waals surface area contributed by atoms with E-state index >= 15 is 0 Å². The average molecular weight is 343 g/mol. The lowest BCUT2D eigenvalue weighted by atomic mass is 10.2. The number of hydrogen-bond acceptors (Lipinski definition) is 6. The Morgan fingerprint density at radius 3 is 3.17 bits per heavy atom. The largest absolute Gasteiger partial charge is 0.333 e. The zero-order valence-corrected chi connectivity index (χ0v) is 14.0. The van der Waals surface area contributed by atoms with Crippen LogP contribution in [0, 0.1) is 6.92 Å². The number of carbonyl (C=O) groups excluding carboxylic acids is 1. The highest BCUT2D eigenvalue weighted by atomic mass is 32.1. The van der Waals surface area contributed by atoms with Crippen LogP contribution in [0.3, 0.4) is 0 Å². The van der Waals surface area contributed by atoms with E-state index in [0.29, 0.717) is 15.7 Å². The third-order valence-corrected chi connectivity index (χ3v) is 5.36. The lowest BCUT2D eigenvalue weighted by molar-refractivity contribution is 0.0725. The molecule has 1 aliphatic rings. The van der Waals surface area contributed by atoms with Crippen molar-refractivity contribution in [2.24, 2.45) is 0 Å². The van der Waals surface area contributed by atoms with E-state index in [0.717, 1.165) is 31.6 Å². The van der Waals surface area contributed by atoms with E-state index in [1.807, 2.05) is 28.8 Å². The van der Waals surface area contributed by atoms with Crippen LogP contribution in [0.25, 0.3) is 10.8 Å². The average Bonchev–Trinajstić information content (AvgIpc) is 3.35. The molecule has 1 saturated heterocycles. The topological polar surface area (TPSA) is 92.6 Å². The number of H-pyrrole nitrogens is 1. The van der Waals surface area contributed by atoms with Gasteiger partial charge in [0.15, 0.2) is 10.8 Å². The zero-order valence-electron chi connectivity index (χ0n) is 13.2. The summed E-state index contributed by atoms with van der Waals surface area (Å²) in [4.78, 5) is 24.2. The first-order valence-corrected chi connectivity index (χ1v) is 8.65. The number of nitrogens with one attached hydrogen (secondary N) is 1. The summed E-state index contributed by atoms with van der Waals surface area (Å²) in [6, 6.07) is 2.07. The van der Waals surface area contributed by atoms with Gasteiger partial charge >= 0.3 is 0 Å². The van der Waals surface area contributed by atoms with Crippen LogP contribution in [0.4, 0.5) is 0 Å². The van der Waals surface area contributed by atoms with Crippen LogP contribution < -0.4 is 0 Å². The molecular formula is C15H17N7OS. The second kappa shape index (κ2) is 6.16. The van der Waals surface area contributed by atoms with E-state index in [1.165, 1.54) is 17.7 Å². The van der Waals surface area contributed by atoms with E-state index < -0.39 is 0 Å². The first-order valence-electron chi connectivity index (χ1n) is 7.84. The smallest absolute Gasteiger partial charge is 0.266 e. The highest BCUT2D eigenvalue weighted by Crippen LogP contribution is 2.29. The molecule has 0 aliphatic carbocycles. The number of thiazole rings is 1. The van der Waals surface area contributed by atoms with Crippen molar-refractivity contribution >= 4 is 17.2 Å². The van der Waals surface area contributed by atoms with Gasteiger partial charge < -0.3 is 4.90 Å². The molecule has 3 aromatic rings. The first kappa shape index (κ1) is 15.0. The minimum atomic E-state index is 0.0467. The van der Waals surface area contributed by atoms with Gasteiger partial charge in [0.1, 0.15) is 11.2 Å². The molecule has 1 atom stereocenters. The lowest BCUT2D eigenvalue weighted by Gasteiger charge is -2.24. The summed E-state index contributed by atoms with van der Waals surface area (Å²) in [6.45, 7) is 3.37. The molecule has 1 aliphatic heterocycles. The maximum absolute atomic E-state index is 13.0. The molecule has 0 aromatic carbocycles. The fourth-order valence-electron chi connectivity index (χ4n) is 3.05.